The molecule has 0 radical (unpaired) electrons. The van der Waals surface area contributed by atoms with E-state index in [0.717, 1.165) is 65.2 Å². The lowest BCUT2D eigenvalue weighted by molar-refractivity contribution is -0.0539. The number of fused-ring (bicyclic) bond motifs is 3. The van der Waals surface area contributed by atoms with E-state index in [1.807, 2.05) is 12.1 Å². The Kier molecular flexibility index (Phi) is 4.51. The highest BCUT2D eigenvalue weighted by atomic mass is 16.3. The van der Waals surface area contributed by atoms with E-state index in [0.29, 0.717) is 23.7 Å². The smallest absolute Gasteiger partial charge is 0.202 e. The number of nitrogens with one attached hydrogen (secondary N) is 2. The van der Waals surface area contributed by atoms with Crippen molar-refractivity contribution in [2.24, 2.45) is 0 Å². The summed E-state index contributed by atoms with van der Waals surface area (Å²) in [6.45, 7) is 5.07. The number of rotatable bonds is 5. The van der Waals surface area contributed by atoms with Crippen LogP contribution in [-0.2, 0) is 13.0 Å². The van der Waals surface area contributed by atoms with E-state index >= 15 is 0 Å². The maximum atomic E-state index is 9.81. The average Bonchev–Trinajstić information content (AvgIpc) is 3.45. The monoisotopic (exact) mass is 429 g/mol. The molecule has 2 bridgehead atoms. The van der Waals surface area contributed by atoms with Gasteiger partial charge in [-0.2, -0.15) is 10.2 Å². The number of aryl methyl sites for hydroxylation is 1. The van der Waals surface area contributed by atoms with Gasteiger partial charge in [0.05, 0.1) is 12.1 Å². The van der Waals surface area contributed by atoms with Crippen molar-refractivity contribution in [1.29, 1.82) is 0 Å². The normalized spacial score (nSPS) is 21.2. The van der Waals surface area contributed by atoms with Crippen molar-refractivity contribution in [2.45, 2.75) is 38.4 Å². The molecule has 7 rings (SSSR count). The van der Waals surface area contributed by atoms with Gasteiger partial charge in [-0.3, -0.25) is 20.0 Å². The average molecular weight is 430 g/mol. The van der Waals surface area contributed by atoms with Gasteiger partial charge in [-0.25, -0.2) is 4.98 Å². The van der Waals surface area contributed by atoms with Crippen molar-refractivity contribution in [3.05, 3.63) is 47.8 Å². The van der Waals surface area contributed by atoms with Crippen LogP contribution in [-0.4, -0.2) is 72.5 Å². The van der Waals surface area contributed by atoms with Gasteiger partial charge >= 0.3 is 0 Å². The summed E-state index contributed by atoms with van der Waals surface area (Å²) in [7, 11) is 2.22. The number of aromatic nitrogens is 5. The zero-order valence-electron chi connectivity index (χ0n) is 18.3. The van der Waals surface area contributed by atoms with Crippen LogP contribution in [0.4, 0.5) is 0 Å². The molecule has 3 N–H and O–H groups in total. The first-order valence-corrected chi connectivity index (χ1v) is 11.3. The van der Waals surface area contributed by atoms with Crippen LogP contribution in [0.25, 0.3) is 33.5 Å². The van der Waals surface area contributed by atoms with Gasteiger partial charge in [0.2, 0.25) is 5.82 Å². The topological polar surface area (TPSA) is 97.0 Å². The molecule has 2 unspecified atom stereocenters. The van der Waals surface area contributed by atoms with Gasteiger partial charge in [0.25, 0.3) is 0 Å². The van der Waals surface area contributed by atoms with Gasteiger partial charge in [0, 0.05) is 30.6 Å². The van der Waals surface area contributed by atoms with Gasteiger partial charge in [-0.15, -0.1) is 0 Å². The van der Waals surface area contributed by atoms with Crippen molar-refractivity contribution in [3.63, 3.8) is 0 Å². The Morgan fingerprint density at radius 3 is 2.69 bits per heavy atom. The quantitative estimate of drug-likeness (QED) is 0.451. The summed E-state index contributed by atoms with van der Waals surface area (Å²) in [4.78, 5) is 9.68. The number of hydrogen-bond donors (Lipinski definition) is 3. The lowest BCUT2D eigenvalue weighted by Crippen LogP contribution is -2.66. The van der Waals surface area contributed by atoms with Crippen molar-refractivity contribution < 1.29 is 5.11 Å². The Morgan fingerprint density at radius 2 is 1.91 bits per heavy atom. The largest absolute Gasteiger partial charge is 0.508 e. The summed E-state index contributed by atoms with van der Waals surface area (Å²) >= 11 is 0. The van der Waals surface area contributed by atoms with E-state index in [1.165, 1.54) is 6.42 Å². The van der Waals surface area contributed by atoms with E-state index in [-0.39, 0.29) is 0 Å². The summed E-state index contributed by atoms with van der Waals surface area (Å²) in [6.07, 6.45) is 2.17. The molecule has 0 amide bonds. The third kappa shape index (κ3) is 3.18. The maximum Gasteiger partial charge on any atom is 0.202 e. The van der Waals surface area contributed by atoms with Gasteiger partial charge < -0.3 is 5.11 Å². The molecule has 5 heterocycles. The second kappa shape index (κ2) is 7.43. The third-order valence-electron chi connectivity index (χ3n) is 7.09. The van der Waals surface area contributed by atoms with Crippen LogP contribution in [0.3, 0.4) is 0 Å². The Hall–Kier alpha value is -3.23. The molecular weight excluding hydrogens is 402 g/mol. The highest BCUT2D eigenvalue weighted by Gasteiger charge is 2.42. The predicted octanol–water partition coefficient (Wildman–Crippen LogP) is 3.17. The van der Waals surface area contributed by atoms with Gasteiger partial charge in [0.15, 0.2) is 0 Å². The Labute approximate surface area is 186 Å². The molecule has 3 aliphatic heterocycles. The van der Waals surface area contributed by atoms with Crippen molar-refractivity contribution in [1.82, 2.24) is 35.2 Å². The Morgan fingerprint density at radius 1 is 1.06 bits per heavy atom. The molecule has 3 fully saturated rings. The van der Waals surface area contributed by atoms with Crippen LogP contribution in [0, 0.1) is 0 Å². The van der Waals surface area contributed by atoms with E-state index in [2.05, 4.69) is 62.4 Å². The van der Waals surface area contributed by atoms with E-state index in [9.17, 15) is 5.11 Å². The molecule has 2 atom stereocenters. The number of hydrogen-bond acceptors (Lipinski definition) is 6. The van der Waals surface area contributed by atoms with Crippen LogP contribution < -0.4 is 0 Å². The van der Waals surface area contributed by atoms with Crippen molar-refractivity contribution in [3.8, 4) is 28.4 Å². The second-order valence-corrected chi connectivity index (χ2v) is 9.04. The molecule has 32 heavy (non-hydrogen) atoms. The first-order valence-electron chi connectivity index (χ1n) is 11.3. The number of H-pyrrole nitrogens is 2. The Balaban J connectivity index is 1.25. The predicted molar refractivity (Wildman–Crippen MR) is 123 cm³/mol. The minimum absolute atomic E-state index is 0.296. The fraction of sp³-hybridized carbons (Fsp3) is 0.375. The summed E-state index contributed by atoms with van der Waals surface area (Å²) in [5, 5.41) is 26.0. The fourth-order valence-electron chi connectivity index (χ4n) is 5.21. The lowest BCUT2D eigenvalue weighted by atomic mass is 9.88. The van der Waals surface area contributed by atoms with E-state index in [4.69, 9.17) is 4.98 Å². The molecule has 3 aliphatic rings. The standard InChI is InChI=1S/C24H27N7O/c1-3-14-8-18(32)5-7-19(14)15-4-6-20-21(9-15)26-28-23(20)24-25-22(27-29-24)13-31-11-16-10-17(12-31)30(16)2/h4-9,16-17,32H,3,10-13H2,1-2H3,(H,26,28)(H,25,27,29). The van der Waals surface area contributed by atoms with Gasteiger partial charge in [-0.1, -0.05) is 19.1 Å². The molecule has 3 saturated heterocycles. The lowest BCUT2D eigenvalue weighted by Gasteiger charge is -2.54. The van der Waals surface area contributed by atoms with Crippen LogP contribution in [0.15, 0.2) is 36.4 Å². The second-order valence-electron chi connectivity index (χ2n) is 9.04. The number of nitrogens with zero attached hydrogens (tertiary/aromatic N) is 5. The summed E-state index contributed by atoms with van der Waals surface area (Å²) < 4.78 is 0. The molecule has 0 saturated carbocycles. The van der Waals surface area contributed by atoms with Crippen LogP contribution in [0.5, 0.6) is 5.75 Å². The first kappa shape index (κ1) is 19.5. The highest BCUT2D eigenvalue weighted by molar-refractivity contribution is 5.94. The molecule has 0 aliphatic carbocycles. The van der Waals surface area contributed by atoms with Crippen LogP contribution in [0.1, 0.15) is 24.7 Å². The minimum atomic E-state index is 0.296. The van der Waals surface area contributed by atoms with E-state index < -0.39 is 0 Å². The number of piperazine rings is 1. The molecule has 8 heteroatoms. The molecule has 0 spiro atoms. The Bertz CT molecular complexity index is 1280. The third-order valence-corrected chi connectivity index (χ3v) is 7.09. The number of likely N-dealkylation sites (N-methyl/N-ethyl adjacent to an activating group) is 1. The SMILES string of the molecule is CCc1cc(O)ccc1-c1ccc2c(-c3n[nH]c(CN4CC5CC(C4)N5C)n3)n[nH]c2c1. The van der Waals surface area contributed by atoms with Gasteiger partial charge in [-0.05, 0) is 60.8 Å². The molecule has 2 aromatic heterocycles. The molecule has 8 nitrogen and oxygen atoms in total. The minimum Gasteiger partial charge on any atom is -0.508 e. The summed E-state index contributed by atoms with van der Waals surface area (Å²) in [5.41, 5.74) is 5.03. The number of benzene rings is 2. The zero-order chi connectivity index (χ0) is 21.8. The highest BCUT2D eigenvalue weighted by Crippen LogP contribution is 2.33. The zero-order valence-corrected chi connectivity index (χ0v) is 18.3. The number of phenolic OH excluding ortho intramolecular Hbond substituents is 1. The van der Waals surface area contributed by atoms with E-state index in [1.54, 1.807) is 6.07 Å². The number of piperidine rings is 1. The number of phenols is 1. The van der Waals surface area contributed by atoms with Crippen molar-refractivity contribution >= 4 is 10.9 Å². The molecule has 4 aromatic rings. The maximum absolute atomic E-state index is 9.81. The molecular formula is C24H27N7O. The molecule has 164 valence electrons. The van der Waals surface area contributed by atoms with Gasteiger partial charge in [0.1, 0.15) is 17.3 Å². The first-order chi connectivity index (χ1) is 15.6. The fourth-order valence-corrected chi connectivity index (χ4v) is 5.21. The summed E-state index contributed by atoms with van der Waals surface area (Å²) in [6, 6.07) is 13.2. The summed E-state index contributed by atoms with van der Waals surface area (Å²) in [5.74, 6) is 1.80. The van der Waals surface area contributed by atoms with Crippen LogP contribution >= 0.6 is 0 Å². The van der Waals surface area contributed by atoms with Crippen molar-refractivity contribution in [2.75, 3.05) is 20.1 Å². The van der Waals surface area contributed by atoms with Crippen LogP contribution in [0.2, 0.25) is 0 Å². The molecule has 2 aromatic carbocycles. The number of aromatic hydroxyl groups is 1. The number of aromatic amines is 2.